The number of hydrogen-bond donors (Lipinski definition) is 0. The molecule has 7 heteroatoms. The fourth-order valence-corrected chi connectivity index (χ4v) is 2.73. The molecule has 0 amide bonds. The van der Waals surface area contributed by atoms with Crippen LogP contribution in [-0.2, 0) is 25.8 Å². The second-order valence-corrected chi connectivity index (χ2v) is 6.61. The Kier molecular flexibility index (Phi) is 8.49. The van der Waals surface area contributed by atoms with E-state index in [1.165, 1.54) is 14.2 Å². The summed E-state index contributed by atoms with van der Waals surface area (Å²) >= 11 is 2.24. The fraction of sp³-hybridized carbons (Fsp3) is 0.190. The minimum absolute atomic E-state index is 0.0587. The maximum absolute atomic E-state index is 12.0. The summed E-state index contributed by atoms with van der Waals surface area (Å²) in [5, 5.41) is 7.80. The molecule has 2 aromatic rings. The third-order valence-corrected chi connectivity index (χ3v) is 4.45. The van der Waals surface area contributed by atoms with Crippen molar-refractivity contribution < 1.29 is 19.2 Å². The molecular formula is C21H19IN2O4. The lowest BCUT2D eigenvalue weighted by molar-refractivity contribution is -0.132. The third-order valence-electron chi connectivity index (χ3n) is 3.51. The predicted molar refractivity (Wildman–Crippen MR) is 116 cm³/mol. The summed E-state index contributed by atoms with van der Waals surface area (Å²) in [5.74, 6) is 5.43. The Hall–Kier alpha value is -2.86. The average Bonchev–Trinajstić information content (AvgIpc) is 2.71. The average molecular weight is 490 g/mol. The van der Waals surface area contributed by atoms with E-state index in [0.717, 1.165) is 9.13 Å². The number of benzene rings is 2. The Labute approximate surface area is 177 Å². The van der Waals surface area contributed by atoms with Crippen LogP contribution >= 0.6 is 22.6 Å². The summed E-state index contributed by atoms with van der Waals surface area (Å²) in [6.07, 6.45) is 0. The van der Waals surface area contributed by atoms with E-state index in [9.17, 15) is 4.79 Å². The van der Waals surface area contributed by atoms with Gasteiger partial charge in [-0.2, -0.15) is 0 Å². The molecule has 0 N–H and O–H groups in total. The van der Waals surface area contributed by atoms with Crippen molar-refractivity contribution in [2.24, 2.45) is 10.3 Å². The summed E-state index contributed by atoms with van der Waals surface area (Å²) in [4.78, 5) is 22.1. The molecule has 0 spiro atoms. The van der Waals surface area contributed by atoms with Crippen LogP contribution in [0.15, 0.2) is 58.8 Å². The van der Waals surface area contributed by atoms with Crippen molar-refractivity contribution in [2.45, 2.75) is 13.5 Å². The Balaban J connectivity index is 2.13. The third kappa shape index (κ3) is 6.09. The van der Waals surface area contributed by atoms with Crippen LogP contribution < -0.4 is 0 Å². The first-order valence-electron chi connectivity index (χ1n) is 8.27. The molecule has 0 bridgehead atoms. The van der Waals surface area contributed by atoms with Crippen LogP contribution in [0.3, 0.4) is 0 Å². The summed E-state index contributed by atoms with van der Waals surface area (Å²) < 4.78 is 5.84. The Morgan fingerprint density at radius 2 is 1.79 bits per heavy atom. The van der Waals surface area contributed by atoms with Gasteiger partial charge in [0.15, 0.2) is 5.71 Å². The van der Waals surface area contributed by atoms with Crippen molar-refractivity contribution in [2.75, 3.05) is 14.2 Å². The van der Waals surface area contributed by atoms with Crippen molar-refractivity contribution in [3.8, 4) is 11.8 Å². The number of nitrogens with zero attached hydrogens (tertiary/aromatic N) is 2. The quantitative estimate of drug-likeness (QED) is 0.203. The highest BCUT2D eigenvalue weighted by Gasteiger charge is 2.19. The van der Waals surface area contributed by atoms with Gasteiger partial charge in [0.1, 0.15) is 19.4 Å². The zero-order valence-electron chi connectivity index (χ0n) is 15.7. The van der Waals surface area contributed by atoms with Gasteiger partial charge in [-0.1, -0.05) is 52.6 Å². The maximum Gasteiger partial charge on any atom is 0.360 e. The molecule has 0 aliphatic heterocycles. The number of carbonyl (C=O) groups is 1. The molecule has 0 aromatic heterocycles. The molecule has 0 aliphatic carbocycles. The van der Waals surface area contributed by atoms with Crippen molar-refractivity contribution in [3.63, 3.8) is 0 Å². The Morgan fingerprint density at radius 1 is 1.07 bits per heavy atom. The molecule has 144 valence electrons. The van der Waals surface area contributed by atoms with Crippen LogP contribution in [0, 0.1) is 15.4 Å². The molecule has 0 radical (unpaired) electrons. The topological polar surface area (TPSA) is 69.5 Å². The zero-order valence-corrected chi connectivity index (χ0v) is 17.9. The number of rotatable bonds is 6. The van der Waals surface area contributed by atoms with Crippen molar-refractivity contribution >= 4 is 40.0 Å². The first kappa shape index (κ1) is 21.4. The number of esters is 1. The fourth-order valence-electron chi connectivity index (χ4n) is 2.20. The predicted octanol–water partition coefficient (Wildman–Crippen LogP) is 3.76. The Bertz CT molecular complexity index is 958. The minimum atomic E-state index is -0.600. The van der Waals surface area contributed by atoms with E-state index in [-0.39, 0.29) is 12.3 Å². The van der Waals surface area contributed by atoms with Gasteiger partial charge in [-0.3, -0.25) is 0 Å². The summed E-state index contributed by atoms with van der Waals surface area (Å²) in [6, 6.07) is 15.0. The molecule has 0 atom stereocenters. The van der Waals surface area contributed by atoms with Gasteiger partial charge in [0, 0.05) is 20.3 Å². The SMILES string of the molecule is CO/N=C(/C(=O)OC)c1ccccc1CO/N=C(\C)C#Cc1ccccc1I. The van der Waals surface area contributed by atoms with E-state index in [0.29, 0.717) is 16.8 Å². The molecule has 2 rings (SSSR count). The second-order valence-electron chi connectivity index (χ2n) is 5.45. The standard InChI is InChI=1S/C21H19IN2O4/c1-15(12-13-16-8-5-7-11-19(16)22)23-28-14-17-9-4-6-10-18(17)20(24-27-3)21(25)26-2/h4-11H,14H2,1-3H3/b23-15+,24-20+. The van der Waals surface area contributed by atoms with Gasteiger partial charge < -0.3 is 14.4 Å². The van der Waals surface area contributed by atoms with E-state index < -0.39 is 5.97 Å². The van der Waals surface area contributed by atoms with E-state index in [1.54, 1.807) is 19.1 Å². The van der Waals surface area contributed by atoms with E-state index in [1.807, 2.05) is 36.4 Å². The van der Waals surface area contributed by atoms with E-state index in [4.69, 9.17) is 14.4 Å². The number of halogens is 1. The lowest BCUT2D eigenvalue weighted by atomic mass is 10.0. The van der Waals surface area contributed by atoms with Gasteiger partial charge in [0.2, 0.25) is 0 Å². The normalized spacial score (nSPS) is 11.3. The van der Waals surface area contributed by atoms with E-state index >= 15 is 0 Å². The molecule has 0 aliphatic rings. The molecule has 0 saturated carbocycles. The lowest BCUT2D eigenvalue weighted by Crippen LogP contribution is -2.19. The monoisotopic (exact) mass is 490 g/mol. The number of methoxy groups -OCH3 is 1. The van der Waals surface area contributed by atoms with Crippen molar-refractivity contribution in [3.05, 3.63) is 68.8 Å². The highest BCUT2D eigenvalue weighted by Crippen LogP contribution is 2.13. The van der Waals surface area contributed by atoms with Crippen LogP contribution in [0.2, 0.25) is 0 Å². The highest BCUT2D eigenvalue weighted by atomic mass is 127. The van der Waals surface area contributed by atoms with Crippen LogP contribution in [-0.4, -0.2) is 31.6 Å². The smallest absolute Gasteiger partial charge is 0.360 e. The first-order chi connectivity index (χ1) is 13.6. The van der Waals surface area contributed by atoms with Crippen molar-refractivity contribution in [1.82, 2.24) is 0 Å². The number of carbonyl (C=O) groups excluding carboxylic acids is 1. The van der Waals surface area contributed by atoms with Crippen LogP contribution in [0.1, 0.15) is 23.6 Å². The molecule has 0 unspecified atom stereocenters. The Morgan fingerprint density at radius 3 is 2.50 bits per heavy atom. The summed E-state index contributed by atoms with van der Waals surface area (Å²) in [7, 11) is 2.65. The molecule has 6 nitrogen and oxygen atoms in total. The van der Waals surface area contributed by atoms with E-state index in [2.05, 4.69) is 44.7 Å². The molecule has 28 heavy (non-hydrogen) atoms. The van der Waals surface area contributed by atoms with Crippen molar-refractivity contribution in [1.29, 1.82) is 0 Å². The highest BCUT2D eigenvalue weighted by molar-refractivity contribution is 14.1. The number of hydrogen-bond acceptors (Lipinski definition) is 6. The van der Waals surface area contributed by atoms with Gasteiger partial charge in [-0.25, -0.2) is 4.79 Å². The molecule has 0 fully saturated rings. The molecule has 0 saturated heterocycles. The zero-order chi connectivity index (χ0) is 20.4. The largest absolute Gasteiger partial charge is 0.464 e. The number of oxime groups is 2. The minimum Gasteiger partial charge on any atom is -0.464 e. The first-order valence-corrected chi connectivity index (χ1v) is 9.35. The van der Waals surface area contributed by atoms with Gasteiger partial charge in [-0.15, -0.1) is 0 Å². The molecule has 0 heterocycles. The molecular weight excluding hydrogens is 471 g/mol. The lowest BCUT2D eigenvalue weighted by Gasteiger charge is -2.09. The van der Waals surface area contributed by atoms with Crippen LogP contribution in [0.4, 0.5) is 0 Å². The summed E-state index contributed by atoms with van der Waals surface area (Å²) in [5.41, 5.74) is 2.79. The van der Waals surface area contributed by atoms with Gasteiger partial charge >= 0.3 is 5.97 Å². The van der Waals surface area contributed by atoms with Gasteiger partial charge in [-0.05, 0) is 47.6 Å². The van der Waals surface area contributed by atoms with Crippen LogP contribution in [0.5, 0.6) is 0 Å². The maximum atomic E-state index is 12.0. The second kappa shape index (κ2) is 11.1. The number of ether oxygens (including phenoxy) is 1. The van der Waals surface area contributed by atoms with Crippen LogP contribution in [0.25, 0.3) is 0 Å². The van der Waals surface area contributed by atoms with Gasteiger partial charge in [0.25, 0.3) is 0 Å². The molecule has 2 aromatic carbocycles. The summed E-state index contributed by atoms with van der Waals surface area (Å²) in [6.45, 7) is 1.90. The van der Waals surface area contributed by atoms with Gasteiger partial charge in [0.05, 0.1) is 7.11 Å².